The number of halogens is 3. The van der Waals surface area contributed by atoms with Crippen LogP contribution in [0, 0.1) is 6.92 Å². The number of alkyl halides is 3. The molecule has 2 atom stereocenters. The van der Waals surface area contributed by atoms with Crippen molar-refractivity contribution < 1.29 is 41.0 Å². The normalized spacial score (nSPS) is 21.8. The third-order valence-corrected chi connectivity index (χ3v) is 8.20. The first-order valence-electron chi connectivity index (χ1n) is 11.8. The molecule has 2 heterocycles. The molecule has 1 saturated heterocycles. The van der Waals surface area contributed by atoms with Gasteiger partial charge in [-0.3, -0.25) is 4.90 Å². The second kappa shape index (κ2) is 12.2. The Morgan fingerprint density at radius 3 is 2.46 bits per heavy atom. The van der Waals surface area contributed by atoms with Gasteiger partial charge in [0, 0.05) is 33.3 Å². The lowest BCUT2D eigenvalue weighted by molar-refractivity contribution is -0.192. The van der Waals surface area contributed by atoms with Crippen LogP contribution in [0.5, 0.6) is 5.75 Å². The number of para-hydroxylation sites is 1. The maximum atomic E-state index is 13.5. The third-order valence-electron chi connectivity index (χ3n) is 6.23. The monoisotopic (exact) mass is 544 g/mol. The lowest BCUT2D eigenvalue weighted by atomic mass is 10.1. The van der Waals surface area contributed by atoms with Crippen LogP contribution in [0.3, 0.4) is 0 Å². The Morgan fingerprint density at radius 2 is 1.81 bits per heavy atom. The lowest BCUT2D eigenvalue weighted by Crippen LogP contribution is -2.48. The average Bonchev–Trinajstić information content (AvgIpc) is 3.06. The van der Waals surface area contributed by atoms with Crippen molar-refractivity contribution in [3.63, 3.8) is 0 Å². The summed E-state index contributed by atoms with van der Waals surface area (Å²) in [6, 6.07) is 15.3. The van der Waals surface area contributed by atoms with Crippen LogP contribution in [0.1, 0.15) is 24.0 Å². The van der Waals surface area contributed by atoms with Gasteiger partial charge in [0.15, 0.2) is 0 Å². The van der Waals surface area contributed by atoms with Crippen molar-refractivity contribution in [3.8, 4) is 5.75 Å². The molecule has 2 aromatic carbocycles. The van der Waals surface area contributed by atoms with Crippen molar-refractivity contribution in [2.75, 3.05) is 33.4 Å². The molecule has 4 rings (SSSR count). The largest absolute Gasteiger partial charge is 0.490 e. The fraction of sp³-hybridized carbons (Fsp3) is 0.480. The zero-order chi connectivity index (χ0) is 27.2. The van der Waals surface area contributed by atoms with Crippen LogP contribution in [0.2, 0.25) is 0 Å². The first-order chi connectivity index (χ1) is 17.4. The second-order valence-corrected chi connectivity index (χ2v) is 10.8. The number of hydrogen-bond acceptors (Lipinski definition) is 6. The molecule has 1 fully saturated rings. The van der Waals surface area contributed by atoms with Gasteiger partial charge in [0.1, 0.15) is 16.7 Å². The zero-order valence-electron chi connectivity index (χ0n) is 20.6. The van der Waals surface area contributed by atoms with E-state index in [1.165, 1.54) is 11.1 Å². The Kier molecular flexibility index (Phi) is 9.57. The summed E-state index contributed by atoms with van der Waals surface area (Å²) in [6.07, 6.45) is -3.75. The van der Waals surface area contributed by atoms with Crippen molar-refractivity contribution in [2.45, 2.75) is 49.5 Å². The van der Waals surface area contributed by atoms with Crippen LogP contribution in [-0.4, -0.2) is 80.4 Å². The number of methoxy groups -OCH3 is 1. The Hall–Kier alpha value is -2.67. The number of sulfonamides is 1. The highest BCUT2D eigenvalue weighted by atomic mass is 32.2. The smallest absolute Gasteiger partial charge is 0.487 e. The number of carbonyl (C=O) groups is 1. The van der Waals surface area contributed by atoms with Gasteiger partial charge in [0.05, 0.1) is 12.6 Å². The summed E-state index contributed by atoms with van der Waals surface area (Å²) in [4.78, 5) is 11.6. The predicted octanol–water partition coefficient (Wildman–Crippen LogP) is 3.69. The van der Waals surface area contributed by atoms with E-state index in [2.05, 4.69) is 36.1 Å². The van der Waals surface area contributed by atoms with Crippen molar-refractivity contribution in [3.05, 3.63) is 59.7 Å². The molecule has 0 bridgehead atoms. The molecule has 0 radical (unpaired) electrons. The predicted molar refractivity (Wildman–Crippen MR) is 130 cm³/mol. The van der Waals surface area contributed by atoms with Gasteiger partial charge in [-0.2, -0.15) is 17.5 Å². The molecule has 0 amide bonds. The van der Waals surface area contributed by atoms with E-state index in [0.29, 0.717) is 18.9 Å². The number of carboxylic acids is 1. The third kappa shape index (κ3) is 7.44. The van der Waals surface area contributed by atoms with Gasteiger partial charge in [-0.25, -0.2) is 13.2 Å². The van der Waals surface area contributed by atoms with E-state index in [1.54, 1.807) is 29.6 Å². The minimum absolute atomic E-state index is 0.178. The minimum atomic E-state index is -5.08. The van der Waals surface area contributed by atoms with Gasteiger partial charge in [0.2, 0.25) is 10.0 Å². The molecule has 204 valence electrons. The minimum Gasteiger partial charge on any atom is -0.487 e. The van der Waals surface area contributed by atoms with Crippen LogP contribution in [-0.2, 0) is 26.1 Å². The molecule has 0 unspecified atom stereocenters. The number of carboxylic acid groups (broad SMARTS) is 1. The van der Waals surface area contributed by atoms with Gasteiger partial charge >= 0.3 is 12.1 Å². The number of likely N-dealkylation sites (tertiary alicyclic amines) is 1. The quantitative estimate of drug-likeness (QED) is 0.613. The second-order valence-electron chi connectivity index (χ2n) is 8.92. The number of ether oxygens (including phenoxy) is 2. The van der Waals surface area contributed by atoms with E-state index in [4.69, 9.17) is 19.4 Å². The number of benzene rings is 2. The van der Waals surface area contributed by atoms with Crippen molar-refractivity contribution in [1.82, 2.24) is 9.21 Å². The molecule has 37 heavy (non-hydrogen) atoms. The van der Waals surface area contributed by atoms with E-state index in [9.17, 15) is 21.6 Å². The van der Waals surface area contributed by atoms with E-state index in [0.717, 1.165) is 32.5 Å². The molecule has 1 N–H and O–H groups in total. The lowest BCUT2D eigenvalue weighted by Gasteiger charge is -2.31. The summed E-state index contributed by atoms with van der Waals surface area (Å²) in [7, 11) is -2.05. The van der Waals surface area contributed by atoms with E-state index in [1.807, 2.05) is 6.07 Å². The van der Waals surface area contributed by atoms with E-state index in [-0.39, 0.29) is 17.0 Å². The molecular weight excluding hydrogens is 513 g/mol. The van der Waals surface area contributed by atoms with Gasteiger partial charge < -0.3 is 14.6 Å². The standard InChI is InChI=1S/C23H30N2O4S.C2HF3O2/c1-18-6-5-7-19(16-18)17-24-12-10-20-21(11-13-24)29-22-8-3-4-9-23(22)30(26,27)25(20)14-15-28-2;3-2(4,5)1(6)7/h3-9,16,20-21H,10-15,17H2,1-2H3;(H,6,7)/t20-,21-;/m0./s1. The van der Waals surface area contributed by atoms with Crippen molar-refractivity contribution in [1.29, 1.82) is 0 Å². The number of fused-ring (bicyclic) bond motifs is 2. The highest BCUT2D eigenvalue weighted by Crippen LogP contribution is 2.36. The molecule has 0 aromatic heterocycles. The van der Waals surface area contributed by atoms with Crippen LogP contribution < -0.4 is 4.74 Å². The summed E-state index contributed by atoms with van der Waals surface area (Å²) in [5.41, 5.74) is 2.54. The number of aliphatic carboxylic acids is 1. The zero-order valence-corrected chi connectivity index (χ0v) is 21.5. The number of hydrogen-bond donors (Lipinski definition) is 1. The van der Waals surface area contributed by atoms with Gasteiger partial charge in [-0.1, -0.05) is 42.0 Å². The first kappa shape index (κ1) is 28.9. The Balaban J connectivity index is 0.000000479. The van der Waals surface area contributed by atoms with E-state index >= 15 is 0 Å². The fourth-order valence-corrected chi connectivity index (χ4v) is 6.29. The highest BCUT2D eigenvalue weighted by Gasteiger charge is 2.43. The number of aryl methyl sites for hydroxylation is 1. The molecule has 2 aromatic rings. The summed E-state index contributed by atoms with van der Waals surface area (Å²) in [5, 5.41) is 7.12. The summed E-state index contributed by atoms with van der Waals surface area (Å²) in [6.45, 7) is 5.35. The molecule has 0 spiro atoms. The first-order valence-corrected chi connectivity index (χ1v) is 13.2. The maximum absolute atomic E-state index is 13.5. The van der Waals surface area contributed by atoms with Crippen LogP contribution in [0.4, 0.5) is 13.2 Å². The summed E-state index contributed by atoms with van der Waals surface area (Å²) < 4.78 is 71.9. The Morgan fingerprint density at radius 1 is 1.14 bits per heavy atom. The summed E-state index contributed by atoms with van der Waals surface area (Å²) in [5.74, 6) is -2.30. The molecule has 12 heteroatoms. The maximum Gasteiger partial charge on any atom is 0.490 e. The Bertz CT molecular complexity index is 1180. The van der Waals surface area contributed by atoms with Crippen molar-refractivity contribution >= 4 is 16.0 Å². The molecular formula is C25H31F3N2O6S. The SMILES string of the molecule is COCCN1[C@H]2CCN(Cc3cccc(C)c3)CC[C@@H]2Oc2ccccc2S1(=O)=O.O=C(O)C(F)(F)F. The molecule has 2 aliphatic rings. The van der Waals surface area contributed by atoms with Crippen LogP contribution in [0.15, 0.2) is 53.4 Å². The van der Waals surface area contributed by atoms with Crippen LogP contribution in [0.25, 0.3) is 0 Å². The van der Waals surface area contributed by atoms with Gasteiger partial charge in [-0.15, -0.1) is 0 Å². The number of rotatable bonds is 5. The van der Waals surface area contributed by atoms with Gasteiger partial charge in [0.25, 0.3) is 0 Å². The molecule has 2 aliphatic heterocycles. The number of nitrogens with zero attached hydrogens (tertiary/aromatic N) is 2. The Labute approximate surface area is 214 Å². The van der Waals surface area contributed by atoms with Crippen LogP contribution >= 0.6 is 0 Å². The van der Waals surface area contributed by atoms with E-state index < -0.39 is 22.2 Å². The summed E-state index contributed by atoms with van der Waals surface area (Å²) >= 11 is 0. The molecule has 0 saturated carbocycles. The van der Waals surface area contributed by atoms with Crippen molar-refractivity contribution in [2.24, 2.45) is 0 Å². The van der Waals surface area contributed by atoms with Gasteiger partial charge in [-0.05, 0) is 37.5 Å². The highest BCUT2D eigenvalue weighted by molar-refractivity contribution is 7.89. The fourth-order valence-electron chi connectivity index (χ4n) is 4.50. The molecule has 0 aliphatic carbocycles. The molecule has 8 nitrogen and oxygen atoms in total. The topological polar surface area (TPSA) is 96.4 Å². The average molecular weight is 545 g/mol.